The van der Waals surface area contributed by atoms with Crippen LogP contribution in [-0.2, 0) is 0 Å². The predicted octanol–water partition coefficient (Wildman–Crippen LogP) is 3.52. The molecule has 1 heterocycles. The van der Waals surface area contributed by atoms with Gasteiger partial charge < -0.3 is 4.90 Å². The molecule has 5 heteroatoms. The summed E-state index contributed by atoms with van der Waals surface area (Å²) in [7, 11) is 3.99. The van der Waals surface area contributed by atoms with E-state index >= 15 is 0 Å². The summed E-state index contributed by atoms with van der Waals surface area (Å²) in [5, 5.41) is 0.501. The highest BCUT2D eigenvalue weighted by Crippen LogP contribution is 2.23. The van der Waals surface area contributed by atoms with E-state index in [4.69, 9.17) is 23.2 Å². The molecule has 0 aliphatic rings. The summed E-state index contributed by atoms with van der Waals surface area (Å²) in [5.74, 6) is 0. The Morgan fingerprint density at radius 2 is 1.65 bits per heavy atom. The van der Waals surface area contributed by atoms with Gasteiger partial charge in [0.2, 0.25) is 5.28 Å². The van der Waals surface area contributed by atoms with Crippen molar-refractivity contribution in [2.45, 2.75) is 0 Å². The molecule has 0 saturated heterocycles. The maximum Gasteiger partial charge on any atom is 0.224 e. The maximum atomic E-state index is 5.84. The lowest BCUT2D eigenvalue weighted by Gasteiger charge is -2.12. The van der Waals surface area contributed by atoms with Crippen LogP contribution in [0.1, 0.15) is 0 Å². The number of halogens is 2. The van der Waals surface area contributed by atoms with E-state index in [2.05, 4.69) is 9.97 Å². The largest absolute Gasteiger partial charge is 0.378 e. The molecule has 1 aromatic carbocycles. The number of rotatable bonds is 2. The third-order valence-electron chi connectivity index (χ3n) is 2.35. The van der Waals surface area contributed by atoms with Crippen LogP contribution in [0.15, 0.2) is 30.3 Å². The zero-order valence-corrected chi connectivity index (χ0v) is 11.0. The second-order valence-electron chi connectivity index (χ2n) is 3.79. The van der Waals surface area contributed by atoms with Gasteiger partial charge in [0.05, 0.1) is 5.69 Å². The minimum absolute atomic E-state index is 0.157. The second kappa shape index (κ2) is 4.90. The molecular formula is C12H11Cl2N3. The van der Waals surface area contributed by atoms with Gasteiger partial charge in [0.15, 0.2) is 0 Å². The first-order valence-electron chi connectivity index (χ1n) is 5.04. The van der Waals surface area contributed by atoms with Gasteiger partial charge in [-0.15, -0.1) is 0 Å². The smallest absolute Gasteiger partial charge is 0.224 e. The topological polar surface area (TPSA) is 29.0 Å². The highest BCUT2D eigenvalue weighted by Gasteiger charge is 2.04. The van der Waals surface area contributed by atoms with Crippen LogP contribution in [0.2, 0.25) is 10.4 Å². The molecule has 2 aromatic rings. The molecule has 0 fully saturated rings. The predicted molar refractivity (Wildman–Crippen MR) is 71.8 cm³/mol. The van der Waals surface area contributed by atoms with E-state index in [0.717, 1.165) is 16.9 Å². The molecule has 0 unspecified atom stereocenters. The van der Waals surface area contributed by atoms with Gasteiger partial charge in [0.25, 0.3) is 0 Å². The number of benzene rings is 1. The van der Waals surface area contributed by atoms with Gasteiger partial charge in [-0.25, -0.2) is 9.97 Å². The number of anilines is 1. The van der Waals surface area contributed by atoms with E-state index in [1.807, 2.05) is 43.3 Å². The van der Waals surface area contributed by atoms with Gasteiger partial charge in [0.1, 0.15) is 5.15 Å². The van der Waals surface area contributed by atoms with Crippen molar-refractivity contribution < 1.29 is 0 Å². The van der Waals surface area contributed by atoms with Gasteiger partial charge in [-0.05, 0) is 23.7 Å². The quantitative estimate of drug-likeness (QED) is 0.616. The standard InChI is InChI=1S/C12H11Cl2N3/c1-17(2)9-5-3-8(4-6-9)10-7-11(13)16-12(14)15-10/h3-7H,1-2H3. The third-order valence-corrected chi connectivity index (χ3v) is 2.71. The van der Waals surface area contributed by atoms with E-state index in [-0.39, 0.29) is 5.28 Å². The van der Waals surface area contributed by atoms with Crippen molar-refractivity contribution in [1.29, 1.82) is 0 Å². The Balaban J connectivity index is 2.39. The van der Waals surface area contributed by atoms with Crippen LogP contribution in [0.5, 0.6) is 0 Å². The van der Waals surface area contributed by atoms with Crippen molar-refractivity contribution in [3.63, 3.8) is 0 Å². The van der Waals surface area contributed by atoms with Crippen LogP contribution in [0, 0.1) is 0 Å². The van der Waals surface area contributed by atoms with E-state index in [0.29, 0.717) is 5.15 Å². The van der Waals surface area contributed by atoms with E-state index < -0.39 is 0 Å². The second-order valence-corrected chi connectivity index (χ2v) is 4.51. The molecule has 1 aromatic heterocycles. The highest BCUT2D eigenvalue weighted by molar-refractivity contribution is 6.32. The maximum absolute atomic E-state index is 5.84. The van der Waals surface area contributed by atoms with Crippen LogP contribution in [-0.4, -0.2) is 24.1 Å². The number of aromatic nitrogens is 2. The average molecular weight is 268 g/mol. The molecule has 0 bridgehead atoms. The van der Waals surface area contributed by atoms with Crippen LogP contribution in [0.25, 0.3) is 11.3 Å². The molecule has 0 amide bonds. The van der Waals surface area contributed by atoms with Crippen LogP contribution in [0.4, 0.5) is 5.69 Å². The molecule has 88 valence electrons. The Morgan fingerprint density at radius 1 is 1.00 bits per heavy atom. The summed E-state index contributed by atoms with van der Waals surface area (Å²) in [4.78, 5) is 9.98. The van der Waals surface area contributed by atoms with Gasteiger partial charge in [-0.1, -0.05) is 23.7 Å². The average Bonchev–Trinajstić information content (AvgIpc) is 2.28. The van der Waals surface area contributed by atoms with Gasteiger partial charge in [-0.3, -0.25) is 0 Å². The van der Waals surface area contributed by atoms with Crippen LogP contribution in [0.3, 0.4) is 0 Å². The fourth-order valence-corrected chi connectivity index (χ4v) is 1.88. The summed E-state index contributed by atoms with van der Waals surface area (Å²) in [6.45, 7) is 0. The molecule has 0 radical (unpaired) electrons. The van der Waals surface area contributed by atoms with Gasteiger partial charge in [-0.2, -0.15) is 0 Å². The summed E-state index contributed by atoms with van der Waals surface area (Å²) in [6, 6.07) is 9.67. The number of nitrogens with zero attached hydrogens (tertiary/aromatic N) is 3. The summed E-state index contributed by atoms with van der Waals surface area (Å²) < 4.78 is 0. The van der Waals surface area contributed by atoms with E-state index in [1.54, 1.807) is 6.07 Å². The van der Waals surface area contributed by atoms with Crippen molar-refractivity contribution in [1.82, 2.24) is 9.97 Å². The first kappa shape index (κ1) is 12.1. The normalized spacial score (nSPS) is 10.4. The first-order chi connectivity index (χ1) is 8.06. The Morgan fingerprint density at radius 3 is 2.18 bits per heavy atom. The lowest BCUT2D eigenvalue weighted by atomic mass is 10.1. The number of hydrogen-bond acceptors (Lipinski definition) is 3. The Labute approximate surface area is 110 Å². The SMILES string of the molecule is CN(C)c1ccc(-c2cc(Cl)nc(Cl)n2)cc1. The van der Waals surface area contributed by atoms with Crippen molar-refractivity contribution in [2.75, 3.05) is 19.0 Å². The summed E-state index contributed by atoms with van der Waals surface area (Å²) >= 11 is 11.6. The van der Waals surface area contributed by atoms with E-state index in [9.17, 15) is 0 Å². The third kappa shape index (κ3) is 2.87. The number of hydrogen-bond donors (Lipinski definition) is 0. The molecule has 0 aliphatic carbocycles. The fourth-order valence-electron chi connectivity index (χ4n) is 1.47. The Kier molecular flexibility index (Phi) is 3.50. The molecular weight excluding hydrogens is 257 g/mol. The van der Waals surface area contributed by atoms with Gasteiger partial charge >= 0.3 is 0 Å². The van der Waals surface area contributed by atoms with Crippen LogP contribution < -0.4 is 4.90 Å². The van der Waals surface area contributed by atoms with E-state index in [1.165, 1.54) is 0 Å². The van der Waals surface area contributed by atoms with Crippen molar-refractivity contribution >= 4 is 28.9 Å². The lowest BCUT2D eigenvalue weighted by molar-refractivity contribution is 1.13. The molecule has 17 heavy (non-hydrogen) atoms. The lowest BCUT2D eigenvalue weighted by Crippen LogP contribution is -2.07. The Bertz CT molecular complexity index is 504. The zero-order valence-electron chi connectivity index (χ0n) is 9.48. The van der Waals surface area contributed by atoms with Crippen molar-refractivity contribution in [2.24, 2.45) is 0 Å². The molecule has 0 spiro atoms. The van der Waals surface area contributed by atoms with Crippen molar-refractivity contribution in [3.8, 4) is 11.3 Å². The fraction of sp³-hybridized carbons (Fsp3) is 0.167. The molecule has 2 rings (SSSR count). The van der Waals surface area contributed by atoms with Crippen LogP contribution >= 0.6 is 23.2 Å². The minimum atomic E-state index is 0.157. The zero-order chi connectivity index (χ0) is 12.4. The first-order valence-corrected chi connectivity index (χ1v) is 5.80. The highest BCUT2D eigenvalue weighted by atomic mass is 35.5. The summed E-state index contributed by atoms with van der Waals surface area (Å²) in [6.07, 6.45) is 0. The van der Waals surface area contributed by atoms with Gasteiger partial charge in [0, 0.05) is 31.4 Å². The molecule has 0 aliphatic heterocycles. The molecule has 3 nitrogen and oxygen atoms in total. The molecule has 0 N–H and O–H groups in total. The summed E-state index contributed by atoms with van der Waals surface area (Å²) in [5.41, 5.74) is 2.81. The van der Waals surface area contributed by atoms with Crippen molar-refractivity contribution in [3.05, 3.63) is 40.8 Å². The monoisotopic (exact) mass is 267 g/mol. The molecule has 0 atom stereocenters. The Hall–Kier alpha value is -1.32. The minimum Gasteiger partial charge on any atom is -0.378 e. The molecule has 0 saturated carbocycles.